The molecule has 6 heteroatoms. The molecule has 0 aliphatic heterocycles. The number of nitrogens with two attached hydrogens (primary N) is 1. The molecule has 0 amide bonds. The number of benzene rings is 2. The molecule has 2 aromatic carbocycles. The number of ether oxygens (including phenoxy) is 2. The van der Waals surface area contributed by atoms with Gasteiger partial charge in [0.15, 0.2) is 5.75 Å². The summed E-state index contributed by atoms with van der Waals surface area (Å²) in [6.45, 7) is 2.60. The van der Waals surface area contributed by atoms with E-state index < -0.39 is 0 Å². The number of rotatable bonds is 5. The fraction of sp³-hybridized carbons (Fsp3) is 0.200. The first kappa shape index (κ1) is 16.1. The van der Waals surface area contributed by atoms with Crippen molar-refractivity contribution in [3.05, 3.63) is 45.4 Å². The topological polar surface area (TPSA) is 44.5 Å². The third kappa shape index (κ3) is 3.88. The minimum atomic E-state index is 0.351. The van der Waals surface area contributed by atoms with Crippen molar-refractivity contribution in [2.75, 3.05) is 12.3 Å². The first-order valence-electron chi connectivity index (χ1n) is 6.36. The molecule has 0 spiro atoms. The Morgan fingerprint density at radius 1 is 0.952 bits per heavy atom. The molecule has 0 aliphatic carbocycles. The van der Waals surface area contributed by atoms with Gasteiger partial charge in [0.25, 0.3) is 0 Å². The van der Waals surface area contributed by atoms with Gasteiger partial charge in [0.1, 0.15) is 17.2 Å². The third-order valence-electron chi connectivity index (χ3n) is 2.68. The predicted octanol–water partition coefficient (Wildman–Crippen LogP) is 5.81. The monoisotopic (exact) mass is 345 g/mol. The molecule has 0 atom stereocenters. The van der Waals surface area contributed by atoms with Crippen LogP contribution in [0.25, 0.3) is 0 Å². The SMILES string of the molecule is CCCOc1cccc(Oc2cc(Cl)c(Cl)cc2Cl)c1N. The van der Waals surface area contributed by atoms with Crippen molar-refractivity contribution < 1.29 is 9.47 Å². The molecule has 0 saturated carbocycles. The summed E-state index contributed by atoms with van der Waals surface area (Å²) >= 11 is 17.9. The third-order valence-corrected chi connectivity index (χ3v) is 3.70. The number of hydrogen-bond acceptors (Lipinski definition) is 3. The maximum atomic E-state index is 6.09. The maximum Gasteiger partial charge on any atom is 0.154 e. The van der Waals surface area contributed by atoms with E-state index in [1.807, 2.05) is 6.92 Å². The van der Waals surface area contributed by atoms with Crippen molar-refractivity contribution in [3.8, 4) is 17.2 Å². The summed E-state index contributed by atoms with van der Waals surface area (Å²) in [4.78, 5) is 0. The van der Waals surface area contributed by atoms with E-state index in [1.54, 1.807) is 24.3 Å². The Labute approximate surface area is 138 Å². The molecule has 0 aromatic heterocycles. The highest BCUT2D eigenvalue weighted by Gasteiger charge is 2.12. The van der Waals surface area contributed by atoms with Crippen LogP contribution >= 0.6 is 34.8 Å². The Morgan fingerprint density at radius 2 is 1.62 bits per heavy atom. The lowest BCUT2D eigenvalue weighted by Crippen LogP contribution is -2.00. The lowest BCUT2D eigenvalue weighted by molar-refractivity contribution is 0.318. The average molecular weight is 347 g/mol. The van der Waals surface area contributed by atoms with Crippen molar-refractivity contribution in [2.45, 2.75) is 13.3 Å². The highest BCUT2D eigenvalue weighted by molar-refractivity contribution is 6.43. The highest BCUT2D eigenvalue weighted by atomic mass is 35.5. The molecular weight excluding hydrogens is 333 g/mol. The molecule has 0 saturated heterocycles. The van der Waals surface area contributed by atoms with E-state index in [9.17, 15) is 0 Å². The second-order valence-electron chi connectivity index (χ2n) is 4.32. The fourth-order valence-corrected chi connectivity index (χ4v) is 2.23. The lowest BCUT2D eigenvalue weighted by atomic mass is 10.2. The summed E-state index contributed by atoms with van der Waals surface area (Å²) in [6, 6.07) is 8.38. The number of nitrogen functional groups attached to an aromatic ring is 1. The van der Waals surface area contributed by atoms with Crippen molar-refractivity contribution in [3.63, 3.8) is 0 Å². The molecule has 0 radical (unpaired) electrons. The van der Waals surface area contributed by atoms with Crippen molar-refractivity contribution in [1.82, 2.24) is 0 Å². The van der Waals surface area contributed by atoms with Gasteiger partial charge in [-0.3, -0.25) is 0 Å². The molecule has 2 N–H and O–H groups in total. The molecule has 0 unspecified atom stereocenters. The van der Waals surface area contributed by atoms with E-state index in [-0.39, 0.29) is 0 Å². The minimum absolute atomic E-state index is 0.351. The Kier molecular flexibility index (Phi) is 5.45. The first-order valence-corrected chi connectivity index (χ1v) is 7.50. The van der Waals surface area contributed by atoms with Gasteiger partial charge < -0.3 is 15.2 Å². The van der Waals surface area contributed by atoms with Crippen LogP contribution in [-0.2, 0) is 0 Å². The van der Waals surface area contributed by atoms with E-state index in [2.05, 4.69) is 0 Å². The van der Waals surface area contributed by atoms with Crippen molar-refractivity contribution in [1.29, 1.82) is 0 Å². The Bertz CT molecular complexity index is 647. The Balaban J connectivity index is 2.29. The van der Waals surface area contributed by atoms with Crippen LogP contribution in [-0.4, -0.2) is 6.61 Å². The summed E-state index contributed by atoms with van der Waals surface area (Å²) in [5, 5.41) is 1.07. The van der Waals surface area contributed by atoms with E-state index >= 15 is 0 Å². The molecule has 3 nitrogen and oxygen atoms in total. The van der Waals surface area contributed by atoms with Crippen LogP contribution in [0.1, 0.15) is 13.3 Å². The standard InChI is InChI=1S/C15H14Cl3NO2/c1-2-6-20-12-4-3-5-13(15(12)19)21-14-8-10(17)9(16)7-11(14)18/h3-5,7-8H,2,6,19H2,1H3. The normalized spacial score (nSPS) is 10.5. The van der Waals surface area contributed by atoms with Gasteiger partial charge in [-0.25, -0.2) is 0 Å². The van der Waals surface area contributed by atoms with Crippen LogP contribution in [0, 0.1) is 0 Å². The summed E-state index contributed by atoms with van der Waals surface area (Å²) in [6.07, 6.45) is 0.892. The smallest absolute Gasteiger partial charge is 0.154 e. The quantitative estimate of drug-likeness (QED) is 0.549. The number of anilines is 1. The number of hydrogen-bond donors (Lipinski definition) is 1. The van der Waals surface area contributed by atoms with Gasteiger partial charge in [-0.1, -0.05) is 47.8 Å². The van der Waals surface area contributed by atoms with E-state index in [4.69, 9.17) is 50.0 Å². The molecule has 0 fully saturated rings. The van der Waals surface area contributed by atoms with Gasteiger partial charge in [-0.2, -0.15) is 0 Å². The van der Waals surface area contributed by atoms with Crippen molar-refractivity contribution in [2.24, 2.45) is 0 Å². The predicted molar refractivity (Wildman–Crippen MR) is 88.2 cm³/mol. The molecule has 0 aliphatic rings. The fourth-order valence-electron chi connectivity index (χ4n) is 1.65. The molecule has 0 bridgehead atoms. The van der Waals surface area contributed by atoms with Crippen LogP contribution in [0.4, 0.5) is 5.69 Å². The molecular formula is C15H14Cl3NO2. The summed E-state index contributed by atoms with van der Waals surface area (Å²) in [5.74, 6) is 1.40. The second-order valence-corrected chi connectivity index (χ2v) is 5.54. The van der Waals surface area contributed by atoms with E-state index in [0.717, 1.165) is 6.42 Å². The highest BCUT2D eigenvalue weighted by Crippen LogP contribution is 2.40. The molecule has 2 rings (SSSR count). The first-order chi connectivity index (χ1) is 10.0. The number of halogens is 3. The van der Waals surface area contributed by atoms with Crippen LogP contribution in [0.3, 0.4) is 0 Å². The number of para-hydroxylation sites is 1. The van der Waals surface area contributed by atoms with Gasteiger partial charge in [-0.15, -0.1) is 0 Å². The van der Waals surface area contributed by atoms with Crippen LogP contribution < -0.4 is 15.2 Å². The van der Waals surface area contributed by atoms with Gasteiger partial charge >= 0.3 is 0 Å². The van der Waals surface area contributed by atoms with E-state index in [1.165, 1.54) is 6.07 Å². The Morgan fingerprint density at radius 3 is 2.33 bits per heavy atom. The minimum Gasteiger partial charge on any atom is -0.491 e. The zero-order valence-electron chi connectivity index (χ0n) is 11.3. The van der Waals surface area contributed by atoms with Crippen LogP contribution in [0.15, 0.2) is 30.3 Å². The molecule has 0 heterocycles. The summed E-state index contributed by atoms with van der Waals surface area (Å²) in [5.41, 5.74) is 6.45. The van der Waals surface area contributed by atoms with Gasteiger partial charge in [0.05, 0.1) is 21.7 Å². The second kappa shape index (κ2) is 7.12. The van der Waals surface area contributed by atoms with Crippen LogP contribution in [0.5, 0.6) is 17.2 Å². The molecule has 2 aromatic rings. The molecule has 21 heavy (non-hydrogen) atoms. The summed E-state index contributed by atoms with van der Waals surface area (Å²) in [7, 11) is 0. The molecule has 112 valence electrons. The Hall–Kier alpha value is -1.29. The average Bonchev–Trinajstić information content (AvgIpc) is 2.45. The van der Waals surface area contributed by atoms with Crippen molar-refractivity contribution >= 4 is 40.5 Å². The summed E-state index contributed by atoms with van der Waals surface area (Å²) < 4.78 is 11.3. The zero-order valence-corrected chi connectivity index (χ0v) is 13.6. The van der Waals surface area contributed by atoms with E-state index in [0.29, 0.717) is 44.6 Å². The zero-order chi connectivity index (χ0) is 15.4. The van der Waals surface area contributed by atoms with Gasteiger partial charge in [-0.05, 0) is 24.6 Å². The maximum absolute atomic E-state index is 6.09. The largest absolute Gasteiger partial charge is 0.491 e. The van der Waals surface area contributed by atoms with Crippen LogP contribution in [0.2, 0.25) is 15.1 Å². The lowest BCUT2D eigenvalue weighted by Gasteiger charge is -2.14. The van der Waals surface area contributed by atoms with Gasteiger partial charge in [0.2, 0.25) is 0 Å². The van der Waals surface area contributed by atoms with Gasteiger partial charge in [0, 0.05) is 6.07 Å².